The average molecular weight is 230 g/mol. The number of rotatable bonds is 2. The van der Waals surface area contributed by atoms with Crippen molar-refractivity contribution in [2.24, 2.45) is 0 Å². The van der Waals surface area contributed by atoms with Crippen molar-refractivity contribution in [3.8, 4) is 6.07 Å². The van der Waals surface area contributed by atoms with Gasteiger partial charge in [-0.15, -0.1) is 0 Å². The lowest BCUT2D eigenvalue weighted by Crippen LogP contribution is -2.48. The van der Waals surface area contributed by atoms with Crippen molar-refractivity contribution < 1.29 is 4.79 Å². The van der Waals surface area contributed by atoms with Crippen LogP contribution in [0.3, 0.4) is 0 Å². The molecule has 0 aromatic carbocycles. The zero-order chi connectivity index (χ0) is 12.1. The zero-order valence-electron chi connectivity index (χ0n) is 9.54. The molecule has 1 aliphatic rings. The van der Waals surface area contributed by atoms with Crippen molar-refractivity contribution in [3.05, 3.63) is 30.1 Å². The SMILES string of the molecule is N#CCN1CCN(C(=O)c2ccncc2)CC1. The van der Waals surface area contributed by atoms with E-state index in [-0.39, 0.29) is 5.91 Å². The van der Waals surface area contributed by atoms with Crippen molar-refractivity contribution in [2.45, 2.75) is 0 Å². The van der Waals surface area contributed by atoms with Gasteiger partial charge in [0, 0.05) is 44.1 Å². The number of hydrogen-bond acceptors (Lipinski definition) is 4. The number of carbonyl (C=O) groups excluding carboxylic acids is 1. The van der Waals surface area contributed by atoms with Gasteiger partial charge in [0.05, 0.1) is 12.6 Å². The van der Waals surface area contributed by atoms with Crippen LogP contribution in [-0.4, -0.2) is 53.4 Å². The Kier molecular flexibility index (Phi) is 3.68. The van der Waals surface area contributed by atoms with Crippen molar-refractivity contribution in [2.75, 3.05) is 32.7 Å². The fourth-order valence-electron chi connectivity index (χ4n) is 1.89. The van der Waals surface area contributed by atoms with Crippen LogP contribution in [0.25, 0.3) is 0 Å². The molecule has 5 heteroatoms. The fourth-order valence-corrected chi connectivity index (χ4v) is 1.89. The molecule has 2 heterocycles. The van der Waals surface area contributed by atoms with Crippen LogP contribution in [0.5, 0.6) is 0 Å². The number of pyridine rings is 1. The summed E-state index contributed by atoms with van der Waals surface area (Å²) in [5.74, 6) is 0.0454. The Labute approximate surface area is 100 Å². The molecule has 17 heavy (non-hydrogen) atoms. The monoisotopic (exact) mass is 230 g/mol. The maximum atomic E-state index is 12.1. The zero-order valence-corrected chi connectivity index (χ0v) is 9.54. The Morgan fingerprint density at radius 1 is 1.29 bits per heavy atom. The van der Waals surface area contributed by atoms with Crippen LogP contribution in [0.2, 0.25) is 0 Å². The molecule has 1 aromatic rings. The lowest BCUT2D eigenvalue weighted by atomic mass is 10.2. The molecule has 0 saturated carbocycles. The second-order valence-corrected chi connectivity index (χ2v) is 3.96. The van der Waals surface area contributed by atoms with Gasteiger partial charge < -0.3 is 4.90 Å². The molecular formula is C12H14N4O. The highest BCUT2D eigenvalue weighted by Gasteiger charge is 2.21. The van der Waals surface area contributed by atoms with E-state index in [0.717, 1.165) is 13.1 Å². The van der Waals surface area contributed by atoms with Crippen molar-refractivity contribution in [1.82, 2.24) is 14.8 Å². The van der Waals surface area contributed by atoms with Gasteiger partial charge in [0.1, 0.15) is 0 Å². The van der Waals surface area contributed by atoms with Gasteiger partial charge in [0.2, 0.25) is 0 Å². The van der Waals surface area contributed by atoms with Gasteiger partial charge in [-0.2, -0.15) is 5.26 Å². The van der Waals surface area contributed by atoms with Crippen LogP contribution in [-0.2, 0) is 0 Å². The first-order chi connectivity index (χ1) is 8.31. The highest BCUT2D eigenvalue weighted by molar-refractivity contribution is 5.94. The number of hydrogen-bond donors (Lipinski definition) is 0. The van der Waals surface area contributed by atoms with E-state index in [1.54, 1.807) is 24.5 Å². The van der Waals surface area contributed by atoms with Crippen LogP contribution >= 0.6 is 0 Å². The Morgan fingerprint density at radius 2 is 1.94 bits per heavy atom. The number of aromatic nitrogens is 1. The molecule has 5 nitrogen and oxygen atoms in total. The summed E-state index contributed by atoms with van der Waals surface area (Å²) in [6.45, 7) is 3.34. The van der Waals surface area contributed by atoms with Crippen molar-refractivity contribution in [1.29, 1.82) is 5.26 Å². The van der Waals surface area contributed by atoms with E-state index in [4.69, 9.17) is 5.26 Å². The molecule has 1 amide bonds. The summed E-state index contributed by atoms with van der Waals surface area (Å²) in [5.41, 5.74) is 0.675. The highest BCUT2D eigenvalue weighted by atomic mass is 16.2. The molecule has 2 rings (SSSR count). The van der Waals surface area contributed by atoms with Crippen molar-refractivity contribution >= 4 is 5.91 Å². The predicted molar refractivity (Wildman–Crippen MR) is 62.2 cm³/mol. The molecule has 0 N–H and O–H groups in total. The molecule has 1 aliphatic heterocycles. The first kappa shape index (κ1) is 11.6. The summed E-state index contributed by atoms with van der Waals surface area (Å²) < 4.78 is 0. The predicted octanol–water partition coefficient (Wildman–Crippen LogP) is 0.363. The number of carbonyl (C=O) groups is 1. The lowest BCUT2D eigenvalue weighted by molar-refractivity contribution is 0.0651. The first-order valence-electron chi connectivity index (χ1n) is 5.60. The number of amides is 1. The molecule has 1 saturated heterocycles. The van der Waals surface area contributed by atoms with Crippen LogP contribution < -0.4 is 0 Å². The molecule has 1 aromatic heterocycles. The Bertz CT molecular complexity index is 418. The van der Waals surface area contributed by atoms with Gasteiger partial charge in [-0.1, -0.05) is 0 Å². The lowest BCUT2D eigenvalue weighted by Gasteiger charge is -2.33. The largest absolute Gasteiger partial charge is 0.336 e. The third-order valence-electron chi connectivity index (χ3n) is 2.88. The molecule has 0 unspecified atom stereocenters. The Morgan fingerprint density at radius 3 is 2.53 bits per heavy atom. The fraction of sp³-hybridized carbons (Fsp3) is 0.417. The van der Waals surface area contributed by atoms with E-state index in [1.165, 1.54) is 0 Å². The molecule has 88 valence electrons. The van der Waals surface area contributed by atoms with E-state index in [9.17, 15) is 4.79 Å². The minimum atomic E-state index is 0.0454. The van der Waals surface area contributed by atoms with Crippen LogP contribution in [0.1, 0.15) is 10.4 Å². The smallest absolute Gasteiger partial charge is 0.254 e. The third-order valence-corrected chi connectivity index (χ3v) is 2.88. The topological polar surface area (TPSA) is 60.2 Å². The summed E-state index contributed by atoms with van der Waals surface area (Å²) in [4.78, 5) is 19.8. The van der Waals surface area contributed by atoms with Gasteiger partial charge in [-0.25, -0.2) is 0 Å². The quantitative estimate of drug-likeness (QED) is 0.688. The highest BCUT2D eigenvalue weighted by Crippen LogP contribution is 2.07. The maximum Gasteiger partial charge on any atom is 0.254 e. The molecule has 0 spiro atoms. The van der Waals surface area contributed by atoms with Gasteiger partial charge >= 0.3 is 0 Å². The van der Waals surface area contributed by atoms with Gasteiger partial charge in [-0.3, -0.25) is 14.7 Å². The van der Waals surface area contributed by atoms with Crippen LogP contribution in [0, 0.1) is 11.3 Å². The Balaban J connectivity index is 1.93. The average Bonchev–Trinajstić information content (AvgIpc) is 2.40. The van der Waals surface area contributed by atoms with Gasteiger partial charge in [-0.05, 0) is 12.1 Å². The number of piperazine rings is 1. The van der Waals surface area contributed by atoms with Gasteiger partial charge in [0.15, 0.2) is 0 Å². The molecule has 0 radical (unpaired) electrons. The molecule has 0 atom stereocenters. The maximum absolute atomic E-state index is 12.1. The molecule has 0 bridgehead atoms. The molecule has 1 fully saturated rings. The van der Waals surface area contributed by atoms with E-state index in [0.29, 0.717) is 25.2 Å². The van der Waals surface area contributed by atoms with Crippen LogP contribution in [0.15, 0.2) is 24.5 Å². The minimum Gasteiger partial charge on any atom is -0.336 e. The van der Waals surface area contributed by atoms with Crippen LogP contribution in [0.4, 0.5) is 0 Å². The summed E-state index contributed by atoms with van der Waals surface area (Å²) in [5, 5.41) is 8.59. The standard InChI is InChI=1S/C12H14N4O/c13-3-6-15-7-9-16(10-8-15)12(17)11-1-4-14-5-2-11/h1-2,4-5H,6-10H2. The summed E-state index contributed by atoms with van der Waals surface area (Å²) >= 11 is 0. The summed E-state index contributed by atoms with van der Waals surface area (Å²) in [7, 11) is 0. The summed E-state index contributed by atoms with van der Waals surface area (Å²) in [6, 6.07) is 5.58. The third kappa shape index (κ3) is 2.80. The normalized spacial score (nSPS) is 16.5. The van der Waals surface area contributed by atoms with Gasteiger partial charge in [0.25, 0.3) is 5.91 Å². The van der Waals surface area contributed by atoms with E-state index in [2.05, 4.69) is 16.0 Å². The number of nitriles is 1. The van der Waals surface area contributed by atoms with Crippen molar-refractivity contribution in [3.63, 3.8) is 0 Å². The molecule has 0 aliphatic carbocycles. The Hall–Kier alpha value is -1.93. The first-order valence-corrected chi connectivity index (χ1v) is 5.60. The van der Waals surface area contributed by atoms with E-state index < -0.39 is 0 Å². The second-order valence-electron chi connectivity index (χ2n) is 3.96. The molecular weight excluding hydrogens is 216 g/mol. The van der Waals surface area contributed by atoms with E-state index >= 15 is 0 Å². The second kappa shape index (κ2) is 5.41. The summed E-state index contributed by atoms with van der Waals surface area (Å²) in [6.07, 6.45) is 3.25. The minimum absolute atomic E-state index is 0.0454. The van der Waals surface area contributed by atoms with E-state index in [1.807, 2.05) is 4.90 Å². The number of nitrogens with zero attached hydrogens (tertiary/aromatic N) is 4.